The van der Waals surface area contributed by atoms with Gasteiger partial charge in [0.15, 0.2) is 0 Å². The van der Waals surface area contributed by atoms with Crippen molar-refractivity contribution in [1.29, 1.82) is 0 Å². The topological polar surface area (TPSA) is 29.5 Å². The number of hydrogen-bond acceptors (Lipinski definition) is 2. The number of rotatable bonds is 8. The van der Waals surface area contributed by atoms with E-state index in [0.29, 0.717) is 6.54 Å². The van der Waals surface area contributed by atoms with Crippen LogP contribution in [0, 0.1) is 0 Å². The van der Waals surface area contributed by atoms with Gasteiger partial charge in [-0.3, -0.25) is 4.90 Å². The number of carbonyl (C=O) groups is 1. The molecule has 1 aliphatic heterocycles. The van der Waals surface area contributed by atoms with E-state index >= 15 is 0 Å². The Morgan fingerprint density at radius 2 is 1.94 bits per heavy atom. The summed E-state index contributed by atoms with van der Waals surface area (Å²) in [6.45, 7) is 2.36. The molecule has 0 aromatic carbocycles. The molecule has 1 heterocycles. The van der Waals surface area contributed by atoms with Crippen molar-refractivity contribution in [2.24, 2.45) is 0 Å². The predicted molar refractivity (Wildman–Crippen MR) is 61.2 cm³/mol. The standard InChI is InChI=1S/C12H21F2NO2/c1-2-3-4-5-6-7-8-15-10(11(13)14)9-17-12(15)16/h10-11H,2-9H2,1H3. The first-order chi connectivity index (χ1) is 8.16. The average molecular weight is 249 g/mol. The van der Waals surface area contributed by atoms with Crippen LogP contribution in [0.3, 0.4) is 0 Å². The molecule has 0 radical (unpaired) electrons. The Bertz CT molecular complexity index is 237. The number of halogens is 2. The number of ether oxygens (including phenoxy) is 1. The van der Waals surface area contributed by atoms with Gasteiger partial charge in [-0.1, -0.05) is 39.0 Å². The summed E-state index contributed by atoms with van der Waals surface area (Å²) in [6.07, 6.45) is 3.35. The third kappa shape index (κ3) is 4.48. The molecule has 0 N–H and O–H groups in total. The molecular formula is C12H21F2NO2. The third-order valence-corrected chi connectivity index (χ3v) is 3.06. The van der Waals surface area contributed by atoms with Crippen molar-refractivity contribution < 1.29 is 18.3 Å². The van der Waals surface area contributed by atoms with E-state index in [1.165, 1.54) is 24.2 Å². The molecule has 3 nitrogen and oxygen atoms in total. The van der Waals surface area contributed by atoms with Gasteiger partial charge in [0.05, 0.1) is 0 Å². The van der Waals surface area contributed by atoms with Crippen LogP contribution in [0.15, 0.2) is 0 Å². The molecule has 0 saturated carbocycles. The van der Waals surface area contributed by atoms with E-state index in [1.807, 2.05) is 0 Å². The van der Waals surface area contributed by atoms with Crippen LogP contribution in [0.2, 0.25) is 0 Å². The van der Waals surface area contributed by atoms with Crippen molar-refractivity contribution in [2.75, 3.05) is 13.2 Å². The van der Waals surface area contributed by atoms with Crippen LogP contribution in [-0.2, 0) is 4.74 Å². The monoisotopic (exact) mass is 249 g/mol. The summed E-state index contributed by atoms with van der Waals surface area (Å²) in [7, 11) is 0. The lowest BCUT2D eigenvalue weighted by atomic mass is 10.1. The number of cyclic esters (lactones) is 1. The van der Waals surface area contributed by atoms with Gasteiger partial charge in [0.2, 0.25) is 0 Å². The molecule has 1 atom stereocenters. The maximum Gasteiger partial charge on any atom is 0.410 e. The van der Waals surface area contributed by atoms with Crippen LogP contribution in [-0.4, -0.2) is 36.6 Å². The fourth-order valence-electron chi connectivity index (χ4n) is 1.99. The number of unbranched alkanes of at least 4 members (excludes halogenated alkanes) is 5. The van der Waals surface area contributed by atoms with Gasteiger partial charge in [0.25, 0.3) is 6.43 Å². The largest absolute Gasteiger partial charge is 0.447 e. The lowest BCUT2D eigenvalue weighted by Gasteiger charge is -2.20. The zero-order chi connectivity index (χ0) is 12.7. The zero-order valence-corrected chi connectivity index (χ0v) is 10.3. The molecule has 100 valence electrons. The van der Waals surface area contributed by atoms with Crippen molar-refractivity contribution in [3.63, 3.8) is 0 Å². The summed E-state index contributed by atoms with van der Waals surface area (Å²) in [5.41, 5.74) is 0. The lowest BCUT2D eigenvalue weighted by Crippen LogP contribution is -2.39. The Balaban J connectivity index is 2.18. The summed E-state index contributed by atoms with van der Waals surface area (Å²) >= 11 is 0. The molecule has 1 fully saturated rings. The molecular weight excluding hydrogens is 228 g/mol. The van der Waals surface area contributed by atoms with Gasteiger partial charge in [-0.25, -0.2) is 13.6 Å². The van der Waals surface area contributed by atoms with Gasteiger partial charge in [-0.2, -0.15) is 0 Å². The molecule has 0 aromatic rings. The van der Waals surface area contributed by atoms with Crippen LogP contribution < -0.4 is 0 Å². The molecule has 5 heteroatoms. The number of alkyl halides is 2. The average Bonchev–Trinajstić information content (AvgIpc) is 2.65. The number of carbonyl (C=O) groups excluding carboxylic acids is 1. The van der Waals surface area contributed by atoms with E-state index in [4.69, 9.17) is 0 Å². The van der Waals surface area contributed by atoms with Gasteiger partial charge in [0, 0.05) is 6.54 Å². The van der Waals surface area contributed by atoms with Crippen LogP contribution in [0.4, 0.5) is 13.6 Å². The lowest BCUT2D eigenvalue weighted by molar-refractivity contribution is 0.0593. The van der Waals surface area contributed by atoms with Crippen molar-refractivity contribution in [3.05, 3.63) is 0 Å². The summed E-state index contributed by atoms with van der Waals surface area (Å²) in [4.78, 5) is 12.4. The molecule has 17 heavy (non-hydrogen) atoms. The minimum absolute atomic E-state index is 0.174. The van der Waals surface area contributed by atoms with Crippen LogP contribution >= 0.6 is 0 Å². The minimum Gasteiger partial charge on any atom is -0.447 e. The third-order valence-electron chi connectivity index (χ3n) is 3.06. The van der Waals surface area contributed by atoms with Crippen LogP contribution in [0.25, 0.3) is 0 Å². The Kier molecular flexibility index (Phi) is 6.22. The normalized spacial score (nSPS) is 20.1. The number of nitrogens with zero attached hydrogens (tertiary/aromatic N) is 1. The highest BCUT2D eigenvalue weighted by Crippen LogP contribution is 2.19. The smallest absolute Gasteiger partial charge is 0.410 e. The Labute approximate surface area is 101 Å². The molecule has 1 rings (SSSR count). The number of amides is 1. The van der Waals surface area contributed by atoms with Crippen molar-refractivity contribution >= 4 is 6.09 Å². The summed E-state index contributed by atoms with van der Waals surface area (Å²) in [5, 5.41) is 0. The first kappa shape index (κ1) is 14.2. The second kappa shape index (κ2) is 7.45. The molecule has 1 aliphatic rings. The van der Waals surface area contributed by atoms with E-state index in [0.717, 1.165) is 19.3 Å². The predicted octanol–water partition coefficient (Wildman–Crippen LogP) is 3.43. The first-order valence-electron chi connectivity index (χ1n) is 6.38. The minimum atomic E-state index is -2.51. The van der Waals surface area contributed by atoms with E-state index in [1.54, 1.807) is 0 Å². The first-order valence-corrected chi connectivity index (χ1v) is 6.38. The summed E-state index contributed by atoms with van der Waals surface area (Å²) in [5.74, 6) is 0. The second-order valence-electron chi connectivity index (χ2n) is 4.44. The Morgan fingerprint density at radius 3 is 2.59 bits per heavy atom. The van der Waals surface area contributed by atoms with E-state index in [2.05, 4.69) is 11.7 Å². The maximum absolute atomic E-state index is 12.6. The van der Waals surface area contributed by atoms with Gasteiger partial charge in [-0.15, -0.1) is 0 Å². The molecule has 0 spiro atoms. The fraction of sp³-hybridized carbons (Fsp3) is 0.917. The van der Waals surface area contributed by atoms with E-state index < -0.39 is 18.6 Å². The highest BCUT2D eigenvalue weighted by atomic mass is 19.3. The van der Waals surface area contributed by atoms with Gasteiger partial charge < -0.3 is 4.74 Å². The van der Waals surface area contributed by atoms with Crippen LogP contribution in [0.5, 0.6) is 0 Å². The van der Waals surface area contributed by atoms with E-state index in [-0.39, 0.29) is 6.61 Å². The number of hydrogen-bond donors (Lipinski definition) is 0. The summed E-state index contributed by atoms with van der Waals surface area (Å²) in [6, 6.07) is -1.04. The molecule has 1 saturated heterocycles. The SMILES string of the molecule is CCCCCCCCN1C(=O)OCC1C(F)F. The zero-order valence-electron chi connectivity index (χ0n) is 10.3. The maximum atomic E-state index is 12.6. The van der Waals surface area contributed by atoms with Crippen molar-refractivity contribution in [2.45, 2.75) is 57.9 Å². The van der Waals surface area contributed by atoms with E-state index in [9.17, 15) is 13.6 Å². The fourth-order valence-corrected chi connectivity index (χ4v) is 1.99. The highest BCUT2D eigenvalue weighted by Gasteiger charge is 2.38. The highest BCUT2D eigenvalue weighted by molar-refractivity contribution is 5.70. The van der Waals surface area contributed by atoms with Crippen molar-refractivity contribution in [1.82, 2.24) is 4.90 Å². The van der Waals surface area contributed by atoms with Gasteiger partial charge in [0.1, 0.15) is 12.6 Å². The molecule has 0 aromatic heterocycles. The van der Waals surface area contributed by atoms with Gasteiger partial charge >= 0.3 is 6.09 Å². The van der Waals surface area contributed by atoms with Gasteiger partial charge in [-0.05, 0) is 6.42 Å². The second-order valence-corrected chi connectivity index (χ2v) is 4.44. The Hall–Kier alpha value is -0.870. The van der Waals surface area contributed by atoms with Crippen LogP contribution in [0.1, 0.15) is 45.4 Å². The van der Waals surface area contributed by atoms with Crippen molar-refractivity contribution in [3.8, 4) is 0 Å². The summed E-state index contributed by atoms with van der Waals surface area (Å²) < 4.78 is 29.8. The molecule has 0 aliphatic carbocycles. The molecule has 1 amide bonds. The Morgan fingerprint density at radius 1 is 1.29 bits per heavy atom. The quantitative estimate of drug-likeness (QED) is 0.617. The molecule has 0 bridgehead atoms. The molecule has 1 unspecified atom stereocenters.